The van der Waals surface area contributed by atoms with Gasteiger partial charge < -0.3 is 14.8 Å². The maximum absolute atomic E-state index is 6.02. The molecule has 3 nitrogen and oxygen atoms in total. The highest BCUT2D eigenvalue weighted by Gasteiger charge is 2.07. The average Bonchev–Trinajstić information content (AvgIpc) is 2.71. The van der Waals surface area contributed by atoms with Crippen molar-refractivity contribution in [1.82, 2.24) is 5.32 Å². The third kappa shape index (κ3) is 7.45. The molecule has 0 saturated carbocycles. The molecule has 0 fully saturated rings. The van der Waals surface area contributed by atoms with Gasteiger partial charge in [-0.1, -0.05) is 53.5 Å². The summed E-state index contributed by atoms with van der Waals surface area (Å²) in [5.41, 5.74) is 3.42. The summed E-state index contributed by atoms with van der Waals surface area (Å²) < 4.78 is 11.4. The first-order chi connectivity index (χ1) is 13.6. The van der Waals surface area contributed by atoms with E-state index in [9.17, 15) is 0 Å². The van der Waals surface area contributed by atoms with Crippen LogP contribution in [0.15, 0.2) is 66.7 Å². The molecular formula is C23H24Cl3NO2. The van der Waals surface area contributed by atoms with Crippen LogP contribution >= 0.6 is 35.6 Å². The fraction of sp³-hybridized carbons (Fsp3) is 0.217. The van der Waals surface area contributed by atoms with E-state index in [0.29, 0.717) is 17.4 Å². The molecule has 0 aliphatic heterocycles. The van der Waals surface area contributed by atoms with Crippen molar-refractivity contribution in [3.05, 3.63) is 93.5 Å². The van der Waals surface area contributed by atoms with Gasteiger partial charge in [-0.05, 0) is 66.1 Å². The quantitative estimate of drug-likeness (QED) is 0.384. The smallest absolute Gasteiger partial charge is 0.161 e. The van der Waals surface area contributed by atoms with Crippen LogP contribution in [-0.4, -0.2) is 13.7 Å². The summed E-state index contributed by atoms with van der Waals surface area (Å²) in [6, 6.07) is 21.6. The van der Waals surface area contributed by atoms with Gasteiger partial charge in [0.2, 0.25) is 0 Å². The molecule has 0 spiro atoms. The predicted molar refractivity (Wildman–Crippen MR) is 123 cm³/mol. The van der Waals surface area contributed by atoms with Crippen molar-refractivity contribution >= 4 is 35.6 Å². The lowest BCUT2D eigenvalue weighted by atomic mass is 10.1. The van der Waals surface area contributed by atoms with Crippen molar-refractivity contribution in [3.63, 3.8) is 0 Å². The number of rotatable bonds is 9. The molecule has 154 valence electrons. The van der Waals surface area contributed by atoms with Gasteiger partial charge in [0.15, 0.2) is 11.5 Å². The Morgan fingerprint density at radius 2 is 1.55 bits per heavy atom. The number of hydrogen-bond acceptors (Lipinski definition) is 3. The van der Waals surface area contributed by atoms with Crippen LogP contribution in [0.2, 0.25) is 10.0 Å². The molecular weight excluding hydrogens is 429 g/mol. The maximum Gasteiger partial charge on any atom is 0.161 e. The van der Waals surface area contributed by atoms with Gasteiger partial charge in [-0.15, -0.1) is 12.4 Å². The molecule has 0 aromatic heterocycles. The maximum atomic E-state index is 6.02. The molecule has 0 aliphatic carbocycles. The lowest BCUT2D eigenvalue weighted by Gasteiger charge is -2.13. The standard InChI is InChI=1S/C23H23Cl2NO2.ClH/c1-27-23-14-18(15-26-12-11-17-5-8-20(24)9-6-17)7-10-22(23)28-16-19-3-2-4-21(25)13-19;/h2-10,13-14,26H,11-12,15-16H2,1H3;1H. The molecule has 29 heavy (non-hydrogen) atoms. The minimum absolute atomic E-state index is 0. The lowest BCUT2D eigenvalue weighted by molar-refractivity contribution is 0.284. The third-order valence-electron chi connectivity index (χ3n) is 4.34. The minimum atomic E-state index is 0. The summed E-state index contributed by atoms with van der Waals surface area (Å²) in [6.07, 6.45) is 0.954. The number of ether oxygens (including phenoxy) is 2. The van der Waals surface area contributed by atoms with E-state index in [2.05, 4.69) is 17.4 Å². The van der Waals surface area contributed by atoms with Crippen LogP contribution in [0, 0.1) is 0 Å². The molecule has 0 atom stereocenters. The Balaban J connectivity index is 0.00000300. The van der Waals surface area contributed by atoms with Crippen LogP contribution < -0.4 is 14.8 Å². The van der Waals surface area contributed by atoms with Gasteiger partial charge in [0, 0.05) is 16.6 Å². The highest BCUT2D eigenvalue weighted by Crippen LogP contribution is 2.29. The van der Waals surface area contributed by atoms with Crippen LogP contribution in [-0.2, 0) is 19.6 Å². The highest BCUT2D eigenvalue weighted by molar-refractivity contribution is 6.30. The molecule has 0 heterocycles. The van der Waals surface area contributed by atoms with Gasteiger partial charge in [-0.2, -0.15) is 0 Å². The van der Waals surface area contributed by atoms with Crippen molar-refractivity contribution in [3.8, 4) is 11.5 Å². The Kier molecular flexibility index (Phi) is 9.62. The summed E-state index contributed by atoms with van der Waals surface area (Å²) >= 11 is 11.9. The normalized spacial score (nSPS) is 10.3. The van der Waals surface area contributed by atoms with Crippen LogP contribution in [0.3, 0.4) is 0 Å². The largest absolute Gasteiger partial charge is 0.493 e. The molecule has 3 rings (SSSR count). The zero-order valence-electron chi connectivity index (χ0n) is 16.2. The number of nitrogens with one attached hydrogen (secondary N) is 1. The molecule has 3 aromatic rings. The fourth-order valence-electron chi connectivity index (χ4n) is 2.85. The Hall–Kier alpha value is -1.91. The first-order valence-corrected chi connectivity index (χ1v) is 9.89. The van der Waals surface area contributed by atoms with Crippen molar-refractivity contribution < 1.29 is 9.47 Å². The highest BCUT2D eigenvalue weighted by atomic mass is 35.5. The number of methoxy groups -OCH3 is 1. The number of hydrogen-bond donors (Lipinski definition) is 1. The monoisotopic (exact) mass is 451 g/mol. The molecule has 0 amide bonds. The zero-order chi connectivity index (χ0) is 19.8. The van der Waals surface area contributed by atoms with E-state index in [-0.39, 0.29) is 12.4 Å². The van der Waals surface area contributed by atoms with Crippen molar-refractivity contribution in [1.29, 1.82) is 0 Å². The van der Waals surface area contributed by atoms with Crippen LogP contribution in [0.1, 0.15) is 16.7 Å². The lowest BCUT2D eigenvalue weighted by Crippen LogP contribution is -2.16. The Bertz CT molecular complexity index is 901. The van der Waals surface area contributed by atoms with E-state index in [1.165, 1.54) is 5.56 Å². The fourth-order valence-corrected chi connectivity index (χ4v) is 3.18. The number of benzene rings is 3. The minimum Gasteiger partial charge on any atom is -0.493 e. The van der Waals surface area contributed by atoms with Gasteiger partial charge in [-0.3, -0.25) is 0 Å². The summed E-state index contributed by atoms with van der Waals surface area (Å²) in [5, 5.41) is 4.92. The second-order valence-corrected chi connectivity index (χ2v) is 7.33. The van der Waals surface area contributed by atoms with Crippen molar-refractivity contribution in [2.45, 2.75) is 19.6 Å². The van der Waals surface area contributed by atoms with Crippen molar-refractivity contribution in [2.24, 2.45) is 0 Å². The molecule has 6 heteroatoms. The van der Waals surface area contributed by atoms with Crippen LogP contribution in [0.5, 0.6) is 11.5 Å². The number of halogens is 3. The topological polar surface area (TPSA) is 30.5 Å². The average molecular weight is 453 g/mol. The van der Waals surface area contributed by atoms with Gasteiger partial charge in [0.1, 0.15) is 6.61 Å². The molecule has 0 radical (unpaired) electrons. The van der Waals surface area contributed by atoms with E-state index in [1.54, 1.807) is 7.11 Å². The van der Waals surface area contributed by atoms with Crippen molar-refractivity contribution in [2.75, 3.05) is 13.7 Å². The molecule has 0 bridgehead atoms. The summed E-state index contributed by atoms with van der Waals surface area (Å²) in [6.45, 7) is 2.09. The molecule has 1 N–H and O–H groups in total. The van der Waals surface area contributed by atoms with E-state index in [1.807, 2.05) is 54.6 Å². The molecule has 0 aliphatic rings. The Labute approximate surface area is 188 Å². The molecule has 0 unspecified atom stereocenters. The van der Waals surface area contributed by atoms with E-state index < -0.39 is 0 Å². The third-order valence-corrected chi connectivity index (χ3v) is 4.83. The van der Waals surface area contributed by atoms with Gasteiger partial charge in [0.05, 0.1) is 7.11 Å². The summed E-state index contributed by atoms with van der Waals surface area (Å²) in [5.74, 6) is 1.44. The summed E-state index contributed by atoms with van der Waals surface area (Å²) in [4.78, 5) is 0. The second kappa shape index (κ2) is 11.9. The predicted octanol–water partition coefficient (Wildman–Crippen LogP) is 6.34. The molecule has 3 aromatic carbocycles. The second-order valence-electron chi connectivity index (χ2n) is 6.46. The van der Waals surface area contributed by atoms with E-state index >= 15 is 0 Å². The zero-order valence-corrected chi connectivity index (χ0v) is 18.5. The van der Waals surface area contributed by atoms with Crippen LogP contribution in [0.25, 0.3) is 0 Å². The van der Waals surface area contributed by atoms with Gasteiger partial charge >= 0.3 is 0 Å². The summed E-state index contributed by atoms with van der Waals surface area (Å²) in [7, 11) is 1.65. The van der Waals surface area contributed by atoms with E-state index in [0.717, 1.165) is 41.4 Å². The first-order valence-electron chi connectivity index (χ1n) is 9.13. The Morgan fingerprint density at radius 1 is 0.793 bits per heavy atom. The Morgan fingerprint density at radius 3 is 2.28 bits per heavy atom. The van der Waals surface area contributed by atoms with Gasteiger partial charge in [-0.25, -0.2) is 0 Å². The van der Waals surface area contributed by atoms with Crippen LogP contribution in [0.4, 0.5) is 0 Å². The SMILES string of the molecule is COc1cc(CNCCc2ccc(Cl)cc2)ccc1OCc1cccc(Cl)c1.Cl. The molecule has 0 saturated heterocycles. The first kappa shape index (κ1) is 23.4. The van der Waals surface area contributed by atoms with Gasteiger partial charge in [0.25, 0.3) is 0 Å². The van der Waals surface area contributed by atoms with E-state index in [4.69, 9.17) is 32.7 Å².